The van der Waals surface area contributed by atoms with E-state index in [9.17, 15) is 5.11 Å². The van der Waals surface area contributed by atoms with Gasteiger partial charge >= 0.3 is 0 Å². The van der Waals surface area contributed by atoms with Gasteiger partial charge in [-0.15, -0.1) is 0 Å². The van der Waals surface area contributed by atoms with Crippen LogP contribution in [0.15, 0.2) is 6.33 Å². The average molecular weight is 278 g/mol. The predicted octanol–water partition coefficient (Wildman–Crippen LogP) is 2.22. The lowest BCUT2D eigenvalue weighted by atomic mass is 9.79. The zero-order valence-electron chi connectivity index (χ0n) is 12.3. The fourth-order valence-electron chi connectivity index (χ4n) is 3.10. The molecule has 112 valence electrons. The van der Waals surface area contributed by atoms with Crippen LogP contribution in [-0.4, -0.2) is 28.2 Å². The first-order chi connectivity index (χ1) is 9.76. The lowest BCUT2D eigenvalue weighted by Gasteiger charge is -2.30. The molecule has 0 bridgehead atoms. The second-order valence-corrected chi connectivity index (χ2v) is 5.70. The Hall–Kier alpha value is -1.36. The number of nitrogens with two attached hydrogens (primary N) is 1. The van der Waals surface area contributed by atoms with Gasteiger partial charge in [0.2, 0.25) is 0 Å². The number of aliphatic hydroxyl groups is 1. The van der Waals surface area contributed by atoms with E-state index in [1.165, 1.54) is 25.6 Å². The van der Waals surface area contributed by atoms with Crippen molar-refractivity contribution in [1.29, 1.82) is 0 Å². The van der Waals surface area contributed by atoms with Crippen LogP contribution in [0, 0.1) is 11.8 Å². The fraction of sp³-hybridized carbons (Fsp3) is 0.733. The molecular formula is C15H26N4O. The summed E-state index contributed by atoms with van der Waals surface area (Å²) in [5.41, 5.74) is 6.96. The van der Waals surface area contributed by atoms with Gasteiger partial charge in [0.15, 0.2) is 0 Å². The quantitative estimate of drug-likeness (QED) is 0.743. The minimum atomic E-state index is 0.292. The van der Waals surface area contributed by atoms with Crippen molar-refractivity contribution in [3.05, 3.63) is 11.9 Å². The van der Waals surface area contributed by atoms with Gasteiger partial charge < -0.3 is 16.2 Å². The number of nitrogens with one attached hydrogen (secondary N) is 1. The third-order valence-electron chi connectivity index (χ3n) is 4.31. The topological polar surface area (TPSA) is 84.1 Å². The summed E-state index contributed by atoms with van der Waals surface area (Å²) in [5.74, 6) is 2.39. The van der Waals surface area contributed by atoms with Crippen molar-refractivity contribution in [3.63, 3.8) is 0 Å². The minimum Gasteiger partial charge on any atom is -0.396 e. The molecule has 1 heterocycles. The molecule has 1 aliphatic rings. The standard InChI is InChI=1S/C15H26N4O/c1-2-5-13-14(16)18-10-19-15(13)17-8-11-6-3-4-7-12(11)9-20/h10-12,20H,2-9H2,1H3,(H3,16,17,18,19). The minimum absolute atomic E-state index is 0.292. The van der Waals surface area contributed by atoms with Crippen LogP contribution in [0.1, 0.15) is 44.6 Å². The van der Waals surface area contributed by atoms with E-state index < -0.39 is 0 Å². The molecule has 1 fully saturated rings. The van der Waals surface area contributed by atoms with Gasteiger partial charge in [-0.2, -0.15) is 0 Å². The smallest absolute Gasteiger partial charge is 0.134 e. The first-order valence-corrected chi connectivity index (χ1v) is 7.70. The molecule has 20 heavy (non-hydrogen) atoms. The Morgan fingerprint density at radius 1 is 1.30 bits per heavy atom. The Kier molecular flexibility index (Phi) is 5.59. The Bertz CT molecular complexity index is 424. The second kappa shape index (κ2) is 7.43. The summed E-state index contributed by atoms with van der Waals surface area (Å²) in [5, 5.41) is 12.9. The van der Waals surface area contributed by atoms with Gasteiger partial charge in [0, 0.05) is 18.7 Å². The third-order valence-corrected chi connectivity index (χ3v) is 4.31. The summed E-state index contributed by atoms with van der Waals surface area (Å²) in [6.45, 7) is 3.28. The van der Waals surface area contributed by atoms with Gasteiger partial charge in [0.1, 0.15) is 18.0 Å². The summed E-state index contributed by atoms with van der Waals surface area (Å²) in [7, 11) is 0. The Labute approximate surface area is 121 Å². The maximum Gasteiger partial charge on any atom is 0.134 e. The number of nitrogens with zero attached hydrogens (tertiary/aromatic N) is 2. The van der Waals surface area contributed by atoms with E-state index in [0.29, 0.717) is 24.3 Å². The van der Waals surface area contributed by atoms with E-state index in [1.54, 1.807) is 0 Å². The molecule has 2 unspecified atom stereocenters. The molecule has 0 aromatic carbocycles. The Morgan fingerprint density at radius 2 is 2.05 bits per heavy atom. The maximum atomic E-state index is 9.47. The molecule has 5 heteroatoms. The molecule has 1 aromatic rings. The molecule has 4 N–H and O–H groups in total. The SMILES string of the molecule is CCCc1c(N)ncnc1NCC1CCCCC1CO. The monoisotopic (exact) mass is 278 g/mol. The van der Waals surface area contributed by atoms with Crippen molar-refractivity contribution >= 4 is 11.6 Å². The second-order valence-electron chi connectivity index (χ2n) is 5.70. The van der Waals surface area contributed by atoms with Crippen molar-refractivity contribution in [2.24, 2.45) is 11.8 Å². The summed E-state index contributed by atoms with van der Waals surface area (Å²) >= 11 is 0. The highest BCUT2D eigenvalue weighted by Crippen LogP contribution is 2.30. The Morgan fingerprint density at radius 3 is 2.75 bits per heavy atom. The van der Waals surface area contributed by atoms with Gasteiger partial charge in [0.05, 0.1) is 0 Å². The van der Waals surface area contributed by atoms with Crippen LogP contribution in [0.25, 0.3) is 0 Å². The molecule has 0 saturated heterocycles. The van der Waals surface area contributed by atoms with Crippen LogP contribution in [0.5, 0.6) is 0 Å². The molecule has 1 aromatic heterocycles. The molecule has 0 spiro atoms. The van der Waals surface area contributed by atoms with Crippen molar-refractivity contribution in [3.8, 4) is 0 Å². The summed E-state index contributed by atoms with van der Waals surface area (Å²) in [4.78, 5) is 8.40. The Balaban J connectivity index is 2.01. The maximum absolute atomic E-state index is 9.47. The van der Waals surface area contributed by atoms with Gasteiger partial charge in [0.25, 0.3) is 0 Å². The van der Waals surface area contributed by atoms with E-state index in [-0.39, 0.29) is 0 Å². The van der Waals surface area contributed by atoms with Gasteiger partial charge in [-0.05, 0) is 31.1 Å². The van der Waals surface area contributed by atoms with Crippen LogP contribution in [0.2, 0.25) is 0 Å². The lowest BCUT2D eigenvalue weighted by molar-refractivity contribution is 0.141. The average Bonchev–Trinajstić information content (AvgIpc) is 2.48. The third kappa shape index (κ3) is 3.60. The highest BCUT2D eigenvalue weighted by Gasteiger charge is 2.24. The zero-order chi connectivity index (χ0) is 14.4. The summed E-state index contributed by atoms with van der Waals surface area (Å²) < 4.78 is 0. The van der Waals surface area contributed by atoms with Crippen LogP contribution < -0.4 is 11.1 Å². The van der Waals surface area contributed by atoms with Crippen molar-refractivity contribution in [1.82, 2.24) is 9.97 Å². The molecular weight excluding hydrogens is 252 g/mol. The lowest BCUT2D eigenvalue weighted by Crippen LogP contribution is -2.29. The number of nitrogen functional groups attached to an aromatic ring is 1. The number of aromatic nitrogens is 2. The first-order valence-electron chi connectivity index (χ1n) is 7.70. The molecule has 0 amide bonds. The molecule has 1 saturated carbocycles. The molecule has 2 atom stereocenters. The summed E-state index contributed by atoms with van der Waals surface area (Å²) in [6, 6.07) is 0. The van der Waals surface area contributed by atoms with E-state index in [1.807, 2.05) is 0 Å². The van der Waals surface area contributed by atoms with E-state index in [2.05, 4.69) is 22.2 Å². The normalized spacial score (nSPS) is 22.7. The molecule has 0 radical (unpaired) electrons. The number of aliphatic hydroxyl groups excluding tert-OH is 1. The van der Waals surface area contributed by atoms with Crippen LogP contribution in [0.4, 0.5) is 11.6 Å². The van der Waals surface area contributed by atoms with E-state index in [4.69, 9.17) is 5.73 Å². The van der Waals surface area contributed by atoms with E-state index in [0.717, 1.165) is 37.2 Å². The van der Waals surface area contributed by atoms with Crippen molar-refractivity contribution in [2.75, 3.05) is 24.2 Å². The zero-order valence-corrected chi connectivity index (χ0v) is 12.3. The predicted molar refractivity (Wildman–Crippen MR) is 81.5 cm³/mol. The largest absolute Gasteiger partial charge is 0.396 e. The fourth-order valence-corrected chi connectivity index (χ4v) is 3.10. The molecule has 0 aliphatic heterocycles. The molecule has 5 nitrogen and oxygen atoms in total. The number of hydrogen-bond acceptors (Lipinski definition) is 5. The number of anilines is 2. The highest BCUT2D eigenvalue weighted by molar-refractivity contribution is 5.54. The van der Waals surface area contributed by atoms with Gasteiger partial charge in [-0.1, -0.05) is 26.2 Å². The summed E-state index contributed by atoms with van der Waals surface area (Å²) in [6.07, 6.45) is 8.25. The molecule has 1 aliphatic carbocycles. The van der Waals surface area contributed by atoms with E-state index >= 15 is 0 Å². The van der Waals surface area contributed by atoms with Crippen LogP contribution in [0.3, 0.4) is 0 Å². The highest BCUT2D eigenvalue weighted by atomic mass is 16.3. The number of hydrogen-bond donors (Lipinski definition) is 3. The van der Waals surface area contributed by atoms with Gasteiger partial charge in [-0.3, -0.25) is 0 Å². The van der Waals surface area contributed by atoms with Crippen molar-refractivity contribution < 1.29 is 5.11 Å². The van der Waals surface area contributed by atoms with Crippen molar-refractivity contribution in [2.45, 2.75) is 45.4 Å². The number of rotatable bonds is 6. The van der Waals surface area contributed by atoms with Gasteiger partial charge in [-0.25, -0.2) is 9.97 Å². The first kappa shape index (κ1) is 15.0. The molecule has 2 rings (SSSR count). The van der Waals surface area contributed by atoms with Crippen LogP contribution >= 0.6 is 0 Å². The van der Waals surface area contributed by atoms with Crippen LogP contribution in [-0.2, 0) is 6.42 Å².